The summed E-state index contributed by atoms with van der Waals surface area (Å²) in [5.41, 5.74) is 0.854. The van der Waals surface area contributed by atoms with Gasteiger partial charge in [0.2, 0.25) is 0 Å². The summed E-state index contributed by atoms with van der Waals surface area (Å²) in [5, 5.41) is 20.7. The molecular weight excluding hydrogens is 299 g/mol. The predicted molar refractivity (Wildman–Crippen MR) is 82.9 cm³/mol. The molecule has 0 saturated heterocycles. The molecule has 0 radical (unpaired) electrons. The number of hydrogen-bond acceptors (Lipinski definition) is 3. The molecular formula is C15H22Cl2O3. The van der Waals surface area contributed by atoms with E-state index in [4.69, 9.17) is 27.9 Å². The molecule has 0 aliphatic heterocycles. The minimum absolute atomic E-state index is 0.442. The predicted octanol–water partition coefficient (Wildman–Crippen LogP) is 3.85. The van der Waals surface area contributed by atoms with Gasteiger partial charge in [-0.3, -0.25) is 0 Å². The molecule has 0 spiro atoms. The maximum atomic E-state index is 9.91. The number of ether oxygens (including phenoxy) is 1. The van der Waals surface area contributed by atoms with Crippen molar-refractivity contribution in [3.63, 3.8) is 0 Å². The Balaban J connectivity index is 2.76. The van der Waals surface area contributed by atoms with Gasteiger partial charge in [0.05, 0.1) is 23.8 Å². The van der Waals surface area contributed by atoms with Crippen LogP contribution in [0, 0.1) is 0 Å². The zero-order chi connectivity index (χ0) is 15.1. The van der Waals surface area contributed by atoms with Crippen LogP contribution < -0.4 is 4.74 Å². The fraction of sp³-hybridized carbons (Fsp3) is 0.600. The van der Waals surface area contributed by atoms with Crippen LogP contribution in [0.2, 0.25) is 10.0 Å². The lowest BCUT2D eigenvalue weighted by Gasteiger charge is -2.18. The van der Waals surface area contributed by atoms with Crippen LogP contribution in [-0.4, -0.2) is 29.0 Å². The topological polar surface area (TPSA) is 49.7 Å². The summed E-state index contributed by atoms with van der Waals surface area (Å²) in [6, 6.07) is 3.43. The monoisotopic (exact) mass is 320 g/mol. The Kier molecular flexibility index (Phi) is 7.67. The first-order valence-electron chi connectivity index (χ1n) is 6.96. The van der Waals surface area contributed by atoms with Crippen molar-refractivity contribution in [3.05, 3.63) is 27.7 Å². The lowest BCUT2D eigenvalue weighted by molar-refractivity contribution is 0.00973. The maximum Gasteiger partial charge on any atom is 0.141 e. The average Bonchev–Trinajstić information content (AvgIpc) is 2.39. The molecule has 20 heavy (non-hydrogen) atoms. The summed E-state index contributed by atoms with van der Waals surface area (Å²) < 4.78 is 5.53. The number of rotatable bonds is 8. The van der Waals surface area contributed by atoms with E-state index in [2.05, 4.69) is 0 Å². The van der Waals surface area contributed by atoms with Crippen LogP contribution in [0.1, 0.15) is 38.7 Å². The molecule has 114 valence electrons. The molecule has 0 aromatic heterocycles. The van der Waals surface area contributed by atoms with Crippen molar-refractivity contribution in [1.29, 1.82) is 0 Å². The first-order chi connectivity index (χ1) is 9.49. The Bertz CT molecular complexity index is 424. The van der Waals surface area contributed by atoms with E-state index in [0.29, 0.717) is 41.7 Å². The number of aryl methyl sites for hydroxylation is 1. The standard InChI is InChI=1S/C15H22Cl2O3/c1-3-5-13(18)14(19)7-6-10-8-11(16)9-12(17)15(10)20-4-2/h8-9,13-14,18-19H,3-7H2,1-2H3. The first-order valence-corrected chi connectivity index (χ1v) is 7.72. The number of hydrogen-bond donors (Lipinski definition) is 2. The Morgan fingerprint density at radius 2 is 1.75 bits per heavy atom. The highest BCUT2D eigenvalue weighted by atomic mass is 35.5. The average molecular weight is 321 g/mol. The van der Waals surface area contributed by atoms with Crippen LogP contribution in [0.4, 0.5) is 0 Å². The van der Waals surface area contributed by atoms with Gasteiger partial charge >= 0.3 is 0 Å². The maximum absolute atomic E-state index is 9.91. The lowest BCUT2D eigenvalue weighted by Crippen LogP contribution is -2.26. The van der Waals surface area contributed by atoms with Gasteiger partial charge in [0.15, 0.2) is 0 Å². The third kappa shape index (κ3) is 5.13. The number of halogens is 2. The SMILES string of the molecule is CCCC(O)C(O)CCc1cc(Cl)cc(Cl)c1OCC. The highest BCUT2D eigenvalue weighted by Crippen LogP contribution is 2.33. The zero-order valence-electron chi connectivity index (χ0n) is 11.9. The molecule has 0 heterocycles. The zero-order valence-corrected chi connectivity index (χ0v) is 13.4. The van der Waals surface area contributed by atoms with Gasteiger partial charge in [0.1, 0.15) is 5.75 Å². The van der Waals surface area contributed by atoms with E-state index in [1.54, 1.807) is 12.1 Å². The molecule has 0 aliphatic carbocycles. The van der Waals surface area contributed by atoms with Crippen LogP contribution >= 0.6 is 23.2 Å². The van der Waals surface area contributed by atoms with Crippen LogP contribution in [-0.2, 0) is 6.42 Å². The van der Waals surface area contributed by atoms with Crippen LogP contribution in [0.5, 0.6) is 5.75 Å². The summed E-state index contributed by atoms with van der Waals surface area (Å²) in [5.74, 6) is 0.607. The Morgan fingerprint density at radius 3 is 2.35 bits per heavy atom. The molecule has 3 nitrogen and oxygen atoms in total. The van der Waals surface area contributed by atoms with Gasteiger partial charge in [0.25, 0.3) is 0 Å². The molecule has 0 fully saturated rings. The van der Waals surface area contributed by atoms with Gasteiger partial charge < -0.3 is 14.9 Å². The van der Waals surface area contributed by atoms with Crippen molar-refractivity contribution in [3.8, 4) is 5.75 Å². The molecule has 1 rings (SSSR count). The second kappa shape index (κ2) is 8.73. The summed E-state index contributed by atoms with van der Waals surface area (Å²) in [4.78, 5) is 0. The minimum Gasteiger partial charge on any atom is -0.492 e. The molecule has 0 saturated carbocycles. The van der Waals surface area contributed by atoms with Crippen molar-refractivity contribution in [2.75, 3.05) is 6.61 Å². The van der Waals surface area contributed by atoms with Gasteiger partial charge in [-0.2, -0.15) is 0 Å². The van der Waals surface area contributed by atoms with E-state index < -0.39 is 12.2 Å². The van der Waals surface area contributed by atoms with Gasteiger partial charge in [-0.05, 0) is 43.9 Å². The van der Waals surface area contributed by atoms with Crippen LogP contribution in [0.15, 0.2) is 12.1 Å². The minimum atomic E-state index is -0.748. The molecule has 0 bridgehead atoms. The molecule has 1 aromatic carbocycles. The third-order valence-electron chi connectivity index (χ3n) is 3.11. The van der Waals surface area contributed by atoms with E-state index in [-0.39, 0.29) is 0 Å². The van der Waals surface area contributed by atoms with E-state index >= 15 is 0 Å². The lowest BCUT2D eigenvalue weighted by atomic mass is 10.0. The fourth-order valence-corrected chi connectivity index (χ4v) is 2.68. The normalized spacial score (nSPS) is 14.1. The molecule has 2 N–H and O–H groups in total. The first kappa shape index (κ1) is 17.6. The number of benzene rings is 1. The molecule has 2 atom stereocenters. The fourth-order valence-electron chi connectivity index (χ4n) is 2.09. The van der Waals surface area contributed by atoms with Gasteiger partial charge in [-0.15, -0.1) is 0 Å². The van der Waals surface area contributed by atoms with Crippen molar-refractivity contribution in [2.24, 2.45) is 0 Å². The van der Waals surface area contributed by atoms with Crippen molar-refractivity contribution >= 4 is 23.2 Å². The Labute approximate surface area is 130 Å². The van der Waals surface area contributed by atoms with Crippen molar-refractivity contribution < 1.29 is 14.9 Å². The third-order valence-corrected chi connectivity index (χ3v) is 3.61. The van der Waals surface area contributed by atoms with Crippen LogP contribution in [0.3, 0.4) is 0 Å². The summed E-state index contributed by atoms with van der Waals surface area (Å²) >= 11 is 12.1. The summed E-state index contributed by atoms with van der Waals surface area (Å²) in [7, 11) is 0. The second-order valence-corrected chi connectivity index (χ2v) is 5.61. The second-order valence-electron chi connectivity index (χ2n) is 4.77. The van der Waals surface area contributed by atoms with Crippen LogP contribution in [0.25, 0.3) is 0 Å². The van der Waals surface area contributed by atoms with E-state index in [9.17, 15) is 10.2 Å². The van der Waals surface area contributed by atoms with E-state index in [0.717, 1.165) is 12.0 Å². The smallest absolute Gasteiger partial charge is 0.141 e. The largest absolute Gasteiger partial charge is 0.492 e. The number of aliphatic hydroxyl groups is 2. The number of aliphatic hydroxyl groups excluding tert-OH is 2. The summed E-state index contributed by atoms with van der Waals surface area (Å²) in [6.45, 7) is 4.36. The summed E-state index contributed by atoms with van der Waals surface area (Å²) in [6.07, 6.45) is 0.990. The van der Waals surface area contributed by atoms with E-state index in [1.807, 2.05) is 13.8 Å². The van der Waals surface area contributed by atoms with E-state index in [1.165, 1.54) is 0 Å². The van der Waals surface area contributed by atoms with Gasteiger partial charge in [0, 0.05) is 5.02 Å². The quantitative estimate of drug-likeness (QED) is 0.765. The molecule has 0 aliphatic rings. The Morgan fingerprint density at radius 1 is 1.10 bits per heavy atom. The highest BCUT2D eigenvalue weighted by molar-refractivity contribution is 6.35. The van der Waals surface area contributed by atoms with Crippen molar-refractivity contribution in [2.45, 2.75) is 51.7 Å². The molecule has 1 aromatic rings. The molecule has 5 heteroatoms. The molecule has 0 amide bonds. The van der Waals surface area contributed by atoms with Crippen molar-refractivity contribution in [1.82, 2.24) is 0 Å². The highest BCUT2D eigenvalue weighted by Gasteiger charge is 2.17. The van der Waals surface area contributed by atoms with Gasteiger partial charge in [-0.1, -0.05) is 36.5 Å². The Hall–Kier alpha value is -0.480. The molecule has 2 unspecified atom stereocenters. The van der Waals surface area contributed by atoms with Gasteiger partial charge in [-0.25, -0.2) is 0 Å².